The van der Waals surface area contributed by atoms with Gasteiger partial charge in [-0.15, -0.1) is 0 Å². The SMILES string of the molecule is CCCCCCCCCCCCCCCC(=O)N(C(=O)CCCCCCCCCCCCCCC)[C@@](CSCC(O)CO)(C(=O)CCCCCCCCCCCCCCC)C(=O)N[C@@H](CO)C(=O)N[C@@H](CCCCN)C(=O)O. The van der Waals surface area contributed by atoms with E-state index in [4.69, 9.17) is 5.73 Å². The molecule has 0 heterocycles. The molecule has 8 N–H and O–H groups in total. The van der Waals surface area contributed by atoms with Gasteiger partial charge in [0.25, 0.3) is 5.91 Å². The first-order valence-corrected chi connectivity index (χ1v) is 33.5. The number of aliphatic hydroxyl groups is 3. The molecule has 0 spiro atoms. The second kappa shape index (κ2) is 53.7. The van der Waals surface area contributed by atoms with Crippen molar-refractivity contribution in [2.24, 2.45) is 5.73 Å². The van der Waals surface area contributed by atoms with Crippen LogP contribution in [0, 0.1) is 0 Å². The van der Waals surface area contributed by atoms with Gasteiger partial charge in [0.1, 0.15) is 12.1 Å². The molecule has 0 rings (SSSR count). The number of unbranched alkanes of at least 4 members (excludes halogenated alkanes) is 37. The Balaban J connectivity index is 6.76. The fraction of sp³-hybridized carbons (Fsp3) is 0.905. The monoisotopic (exact) mass is 1120 g/mol. The maximum absolute atomic E-state index is 15.3. The Labute approximate surface area is 480 Å². The average molecular weight is 1130 g/mol. The van der Waals surface area contributed by atoms with Crippen molar-refractivity contribution in [3.8, 4) is 0 Å². The zero-order chi connectivity index (χ0) is 57.8. The number of hydrogen-bond donors (Lipinski definition) is 7. The zero-order valence-electron chi connectivity index (χ0n) is 50.3. The van der Waals surface area contributed by atoms with Gasteiger partial charge in [0, 0.05) is 30.8 Å². The van der Waals surface area contributed by atoms with Crippen LogP contribution in [0.5, 0.6) is 0 Å². The minimum Gasteiger partial charge on any atom is -0.480 e. The maximum Gasteiger partial charge on any atom is 0.326 e. The summed E-state index contributed by atoms with van der Waals surface area (Å²) in [5, 5.41) is 45.8. The van der Waals surface area contributed by atoms with Crippen molar-refractivity contribution in [1.82, 2.24) is 15.5 Å². The topological polar surface area (TPSA) is 237 Å². The molecule has 0 aliphatic heterocycles. The van der Waals surface area contributed by atoms with Crippen molar-refractivity contribution in [2.75, 3.05) is 31.3 Å². The first-order chi connectivity index (χ1) is 37.9. The van der Waals surface area contributed by atoms with Gasteiger partial charge in [0.05, 0.1) is 19.3 Å². The number of rotatable bonds is 59. The van der Waals surface area contributed by atoms with Crippen LogP contribution >= 0.6 is 11.8 Å². The van der Waals surface area contributed by atoms with Crippen molar-refractivity contribution in [2.45, 2.75) is 333 Å². The third-order valence-electron chi connectivity index (χ3n) is 15.4. The first kappa shape index (κ1) is 75.4. The van der Waals surface area contributed by atoms with E-state index >= 15 is 9.59 Å². The van der Waals surface area contributed by atoms with Gasteiger partial charge in [-0.2, -0.15) is 11.8 Å². The number of Topliss-reactive ketones (excluding diaryl/α,β-unsaturated/α-hetero) is 1. The van der Waals surface area contributed by atoms with Gasteiger partial charge >= 0.3 is 5.97 Å². The summed E-state index contributed by atoms with van der Waals surface area (Å²) in [4.78, 5) is 87.2. The molecule has 14 nitrogen and oxygen atoms in total. The summed E-state index contributed by atoms with van der Waals surface area (Å²) in [6.45, 7) is 5.44. The molecule has 0 bridgehead atoms. The van der Waals surface area contributed by atoms with Gasteiger partial charge in [0.2, 0.25) is 17.7 Å². The molecule has 0 radical (unpaired) electrons. The predicted molar refractivity (Wildman–Crippen MR) is 322 cm³/mol. The lowest BCUT2D eigenvalue weighted by Gasteiger charge is -2.41. The van der Waals surface area contributed by atoms with Gasteiger partial charge < -0.3 is 36.8 Å². The molecule has 458 valence electrons. The number of amides is 4. The quantitative estimate of drug-likeness (QED) is 0.0222. The highest BCUT2D eigenvalue weighted by molar-refractivity contribution is 7.99. The number of aliphatic hydroxyl groups excluding tert-OH is 3. The number of thioether (sulfide) groups is 1. The van der Waals surface area contributed by atoms with Crippen LogP contribution in [0.15, 0.2) is 0 Å². The summed E-state index contributed by atoms with van der Waals surface area (Å²) in [5.74, 6) is -6.07. The van der Waals surface area contributed by atoms with Crippen LogP contribution in [0.3, 0.4) is 0 Å². The van der Waals surface area contributed by atoms with Gasteiger partial charge in [-0.1, -0.05) is 252 Å². The van der Waals surface area contributed by atoms with E-state index in [9.17, 15) is 39.6 Å². The number of aliphatic carboxylic acids is 1. The Morgan fingerprint density at radius 1 is 0.462 bits per heavy atom. The molecule has 0 aromatic carbocycles. The Morgan fingerprint density at radius 3 is 1.13 bits per heavy atom. The molecule has 0 aromatic heterocycles. The molecule has 15 heteroatoms. The minimum absolute atomic E-state index is 0.0465. The molecule has 4 amide bonds. The third-order valence-corrected chi connectivity index (χ3v) is 16.7. The summed E-state index contributed by atoms with van der Waals surface area (Å²) in [5.41, 5.74) is 3.14. The van der Waals surface area contributed by atoms with E-state index in [0.717, 1.165) is 107 Å². The van der Waals surface area contributed by atoms with E-state index in [1.807, 2.05) is 0 Å². The Bertz CT molecular complexity index is 1450. The minimum atomic E-state index is -2.49. The normalized spacial score (nSPS) is 13.4. The van der Waals surface area contributed by atoms with Crippen molar-refractivity contribution in [3.63, 3.8) is 0 Å². The van der Waals surface area contributed by atoms with Gasteiger partial charge in [-0.05, 0) is 45.1 Å². The van der Waals surface area contributed by atoms with E-state index in [2.05, 4.69) is 31.4 Å². The molecule has 0 saturated heterocycles. The number of carbonyl (C=O) groups is 6. The van der Waals surface area contributed by atoms with Crippen molar-refractivity contribution in [3.05, 3.63) is 0 Å². The van der Waals surface area contributed by atoms with E-state index in [0.29, 0.717) is 45.1 Å². The fourth-order valence-electron chi connectivity index (χ4n) is 10.3. The molecule has 1 unspecified atom stereocenters. The predicted octanol–water partition coefficient (Wildman–Crippen LogP) is 13.4. The number of nitrogens with zero attached hydrogens (tertiary/aromatic N) is 1. The standard InChI is InChI=1S/C63H120N4O10S/c1-4-7-10-13-16-19-22-25-28-31-34-37-40-46-57(71)63(53-78-52-54(70)50-68,62(77)66-56(51-69)60(74)65-55(61(75)76)45-43-44-49-64)67(58(72)47-41-38-35-32-29-26-23-20-17-14-11-8-5-2)59(73)48-42-39-36-33-30-27-24-21-18-15-12-9-6-3/h54-56,68-70H,4-53,64H2,1-3H3,(H,65,74)(H,66,77)(H,75,76)/t54?,55-,56-,63-/m0/s1. The van der Waals surface area contributed by atoms with Crippen molar-refractivity contribution >= 4 is 47.1 Å². The molecule has 78 heavy (non-hydrogen) atoms. The fourth-order valence-corrected chi connectivity index (χ4v) is 11.6. The summed E-state index contributed by atoms with van der Waals surface area (Å²) in [6, 6.07) is -3.09. The largest absolute Gasteiger partial charge is 0.480 e. The molecule has 0 aromatic rings. The van der Waals surface area contributed by atoms with Crippen molar-refractivity contribution < 1.29 is 49.2 Å². The molecule has 4 atom stereocenters. The van der Waals surface area contributed by atoms with Crippen LogP contribution in [0.25, 0.3) is 0 Å². The number of carbonyl (C=O) groups excluding carboxylic acids is 5. The Morgan fingerprint density at radius 2 is 0.808 bits per heavy atom. The number of imide groups is 1. The van der Waals surface area contributed by atoms with Gasteiger partial charge in [-0.25, -0.2) is 4.79 Å². The number of nitrogens with two attached hydrogens (primary N) is 1. The van der Waals surface area contributed by atoms with E-state index in [1.54, 1.807) is 0 Å². The van der Waals surface area contributed by atoms with Crippen LogP contribution in [0.4, 0.5) is 0 Å². The van der Waals surface area contributed by atoms with Gasteiger partial charge in [0.15, 0.2) is 11.3 Å². The first-order valence-electron chi connectivity index (χ1n) is 32.3. The third kappa shape index (κ3) is 38.2. The number of hydrogen-bond acceptors (Lipinski definition) is 11. The van der Waals surface area contributed by atoms with Gasteiger partial charge in [-0.3, -0.25) is 28.9 Å². The number of carboxylic acid groups (broad SMARTS) is 1. The van der Waals surface area contributed by atoms with E-state index in [1.165, 1.54) is 135 Å². The number of carboxylic acids is 1. The summed E-state index contributed by atoms with van der Waals surface area (Å²) in [6.07, 6.45) is 41.6. The second-order valence-electron chi connectivity index (χ2n) is 22.6. The lowest BCUT2D eigenvalue weighted by molar-refractivity contribution is -0.163. The lowest BCUT2D eigenvalue weighted by Crippen LogP contribution is -2.70. The van der Waals surface area contributed by atoms with Crippen molar-refractivity contribution in [1.29, 1.82) is 0 Å². The Hall–Kier alpha value is -2.59. The van der Waals surface area contributed by atoms with E-state index in [-0.39, 0.29) is 31.4 Å². The summed E-state index contributed by atoms with van der Waals surface area (Å²) in [7, 11) is 0. The molecule has 0 aliphatic rings. The number of nitrogens with one attached hydrogen (secondary N) is 2. The van der Waals surface area contributed by atoms with Crippen LogP contribution < -0.4 is 16.4 Å². The highest BCUT2D eigenvalue weighted by Crippen LogP contribution is 2.31. The summed E-state index contributed by atoms with van der Waals surface area (Å²) >= 11 is 0.950. The zero-order valence-corrected chi connectivity index (χ0v) is 51.1. The van der Waals surface area contributed by atoms with E-state index < -0.39 is 78.1 Å². The highest BCUT2D eigenvalue weighted by Gasteiger charge is 2.55. The molecule has 0 saturated carbocycles. The van der Waals surface area contributed by atoms with Crippen LogP contribution in [0.1, 0.15) is 310 Å². The smallest absolute Gasteiger partial charge is 0.326 e. The van der Waals surface area contributed by atoms with Crippen LogP contribution in [-0.2, 0) is 28.8 Å². The lowest BCUT2D eigenvalue weighted by atomic mass is 9.87. The van der Waals surface area contributed by atoms with Crippen LogP contribution in [0.2, 0.25) is 0 Å². The molecule has 0 aliphatic carbocycles. The summed E-state index contributed by atoms with van der Waals surface area (Å²) < 4.78 is 0. The van der Waals surface area contributed by atoms with Crippen LogP contribution in [-0.4, -0.2) is 116 Å². The average Bonchev–Trinajstić information content (AvgIpc) is 3.47. The number of ketones is 1. The molecular formula is C63H120N4O10S. The Kier molecular flexibility index (Phi) is 51.9. The highest BCUT2D eigenvalue weighted by atomic mass is 32.2. The maximum atomic E-state index is 15.3. The second-order valence-corrected chi connectivity index (χ2v) is 23.7. The molecule has 0 fully saturated rings. The molecular weight excluding hydrogens is 1000 g/mol.